The molecular weight excluding hydrogens is 320 g/mol. The Bertz CT molecular complexity index is 555. The van der Waals surface area contributed by atoms with E-state index in [1.165, 1.54) is 0 Å². The van der Waals surface area contributed by atoms with Crippen LogP contribution in [-0.2, 0) is 13.2 Å². The van der Waals surface area contributed by atoms with Gasteiger partial charge in [0.05, 0.1) is 12.7 Å². The second kappa shape index (κ2) is 7.45. The maximum absolute atomic E-state index is 5.79. The average molecular weight is 339 g/mol. The maximum atomic E-state index is 5.79. The molecule has 0 spiro atoms. The number of hydrogen-bond acceptors (Lipinski definition) is 4. The molecule has 108 valence electrons. The first kappa shape index (κ1) is 15.1. The SMILES string of the molecule is CCCNCc1oc(COc2cncc(Br)c2)cc1C. The summed E-state index contributed by atoms with van der Waals surface area (Å²) in [6, 6.07) is 3.90. The highest BCUT2D eigenvalue weighted by Gasteiger charge is 2.08. The van der Waals surface area contributed by atoms with E-state index in [0.29, 0.717) is 6.61 Å². The van der Waals surface area contributed by atoms with E-state index in [1.54, 1.807) is 12.4 Å². The summed E-state index contributed by atoms with van der Waals surface area (Å²) in [5, 5.41) is 3.34. The van der Waals surface area contributed by atoms with Gasteiger partial charge in [0.2, 0.25) is 0 Å². The van der Waals surface area contributed by atoms with Crippen LogP contribution in [-0.4, -0.2) is 11.5 Å². The van der Waals surface area contributed by atoms with Gasteiger partial charge in [0.15, 0.2) is 0 Å². The first-order chi connectivity index (χ1) is 9.69. The zero-order chi connectivity index (χ0) is 14.4. The molecule has 2 heterocycles. The Hall–Kier alpha value is -1.33. The molecule has 0 aliphatic carbocycles. The summed E-state index contributed by atoms with van der Waals surface area (Å²) >= 11 is 3.37. The molecule has 0 fully saturated rings. The smallest absolute Gasteiger partial charge is 0.146 e. The summed E-state index contributed by atoms with van der Waals surface area (Å²) in [5.74, 6) is 2.53. The lowest BCUT2D eigenvalue weighted by atomic mass is 10.2. The third-order valence-corrected chi connectivity index (χ3v) is 3.28. The Morgan fingerprint density at radius 1 is 1.35 bits per heavy atom. The summed E-state index contributed by atoms with van der Waals surface area (Å²) in [7, 11) is 0. The number of nitrogens with one attached hydrogen (secondary N) is 1. The predicted octanol–water partition coefficient (Wildman–Crippen LogP) is 3.82. The topological polar surface area (TPSA) is 47.3 Å². The Morgan fingerprint density at radius 2 is 2.20 bits per heavy atom. The van der Waals surface area contributed by atoms with E-state index in [9.17, 15) is 0 Å². The lowest BCUT2D eigenvalue weighted by Crippen LogP contribution is -2.13. The van der Waals surface area contributed by atoms with Crippen LogP contribution in [0.15, 0.2) is 33.4 Å². The molecule has 5 heteroatoms. The largest absolute Gasteiger partial charge is 0.484 e. The molecule has 0 aromatic carbocycles. The van der Waals surface area contributed by atoms with Gasteiger partial charge in [-0.25, -0.2) is 0 Å². The van der Waals surface area contributed by atoms with Crippen molar-refractivity contribution in [2.24, 2.45) is 0 Å². The van der Waals surface area contributed by atoms with E-state index >= 15 is 0 Å². The average Bonchev–Trinajstić information content (AvgIpc) is 2.78. The molecule has 0 saturated carbocycles. The molecule has 0 atom stereocenters. The number of pyridine rings is 1. The van der Waals surface area contributed by atoms with Crippen molar-refractivity contribution in [1.29, 1.82) is 0 Å². The van der Waals surface area contributed by atoms with Crippen LogP contribution in [0.4, 0.5) is 0 Å². The van der Waals surface area contributed by atoms with Gasteiger partial charge < -0.3 is 14.5 Å². The number of aryl methyl sites for hydroxylation is 1. The van der Waals surface area contributed by atoms with Crippen LogP contribution in [0.1, 0.15) is 30.4 Å². The Morgan fingerprint density at radius 3 is 2.95 bits per heavy atom. The minimum atomic E-state index is 0.409. The van der Waals surface area contributed by atoms with E-state index in [0.717, 1.165) is 46.8 Å². The first-order valence-corrected chi connectivity index (χ1v) is 7.50. The summed E-state index contributed by atoms with van der Waals surface area (Å²) in [6.45, 7) is 6.37. The van der Waals surface area contributed by atoms with Crippen LogP contribution in [0.3, 0.4) is 0 Å². The van der Waals surface area contributed by atoms with Gasteiger partial charge in [-0.3, -0.25) is 4.98 Å². The summed E-state index contributed by atoms with van der Waals surface area (Å²) in [4.78, 5) is 4.06. The number of halogens is 1. The third kappa shape index (κ3) is 4.35. The number of aromatic nitrogens is 1. The standard InChI is InChI=1S/C15H19BrN2O2/c1-3-4-17-9-15-11(2)5-14(20-15)10-19-13-6-12(16)7-18-8-13/h5-8,17H,3-4,9-10H2,1-2H3. The molecule has 0 unspecified atom stereocenters. The fourth-order valence-corrected chi connectivity index (χ4v) is 2.19. The number of ether oxygens (including phenoxy) is 1. The molecule has 0 saturated heterocycles. The quantitative estimate of drug-likeness (QED) is 0.779. The van der Waals surface area contributed by atoms with Crippen LogP contribution < -0.4 is 10.1 Å². The zero-order valence-electron chi connectivity index (χ0n) is 11.8. The number of hydrogen-bond donors (Lipinski definition) is 1. The number of nitrogens with zero attached hydrogens (tertiary/aromatic N) is 1. The van der Waals surface area contributed by atoms with Crippen molar-refractivity contribution in [2.45, 2.75) is 33.4 Å². The van der Waals surface area contributed by atoms with Gasteiger partial charge in [0.25, 0.3) is 0 Å². The van der Waals surface area contributed by atoms with E-state index in [1.807, 2.05) is 12.1 Å². The van der Waals surface area contributed by atoms with Crippen molar-refractivity contribution < 1.29 is 9.15 Å². The maximum Gasteiger partial charge on any atom is 0.146 e. The highest BCUT2D eigenvalue weighted by Crippen LogP contribution is 2.19. The molecule has 0 aliphatic rings. The fraction of sp³-hybridized carbons (Fsp3) is 0.400. The second-order valence-corrected chi connectivity index (χ2v) is 5.54. The van der Waals surface area contributed by atoms with Gasteiger partial charge in [0.1, 0.15) is 23.9 Å². The Labute approximate surface area is 127 Å². The summed E-state index contributed by atoms with van der Waals surface area (Å²) in [6.07, 6.45) is 4.53. The molecular formula is C15H19BrN2O2. The van der Waals surface area contributed by atoms with E-state index in [4.69, 9.17) is 9.15 Å². The van der Waals surface area contributed by atoms with Gasteiger partial charge in [-0.2, -0.15) is 0 Å². The molecule has 0 radical (unpaired) electrons. The van der Waals surface area contributed by atoms with Gasteiger partial charge >= 0.3 is 0 Å². The lowest BCUT2D eigenvalue weighted by molar-refractivity contribution is 0.264. The van der Waals surface area contributed by atoms with E-state index in [-0.39, 0.29) is 0 Å². The molecule has 20 heavy (non-hydrogen) atoms. The number of furan rings is 1. The number of rotatable bonds is 7. The van der Waals surface area contributed by atoms with Crippen LogP contribution in [0.25, 0.3) is 0 Å². The fourth-order valence-electron chi connectivity index (χ4n) is 1.84. The highest BCUT2D eigenvalue weighted by atomic mass is 79.9. The molecule has 2 rings (SSSR count). The van der Waals surface area contributed by atoms with Gasteiger partial charge in [-0.1, -0.05) is 6.92 Å². The van der Waals surface area contributed by atoms with Crippen molar-refractivity contribution in [3.63, 3.8) is 0 Å². The van der Waals surface area contributed by atoms with Crippen molar-refractivity contribution >= 4 is 15.9 Å². The lowest BCUT2D eigenvalue weighted by Gasteiger charge is -2.04. The Balaban J connectivity index is 1.91. The Kier molecular flexibility index (Phi) is 5.61. The van der Waals surface area contributed by atoms with E-state index in [2.05, 4.69) is 40.1 Å². The summed E-state index contributed by atoms with van der Waals surface area (Å²) in [5.41, 5.74) is 1.15. The monoisotopic (exact) mass is 338 g/mol. The molecule has 0 amide bonds. The third-order valence-electron chi connectivity index (χ3n) is 2.84. The normalized spacial score (nSPS) is 10.8. The first-order valence-electron chi connectivity index (χ1n) is 6.71. The molecule has 2 aromatic heterocycles. The highest BCUT2D eigenvalue weighted by molar-refractivity contribution is 9.10. The molecule has 0 bridgehead atoms. The molecule has 1 N–H and O–H groups in total. The van der Waals surface area contributed by atoms with Crippen LogP contribution in [0.5, 0.6) is 5.75 Å². The van der Waals surface area contributed by atoms with Crippen molar-refractivity contribution in [3.8, 4) is 5.75 Å². The zero-order valence-corrected chi connectivity index (χ0v) is 13.4. The molecule has 2 aromatic rings. The van der Waals surface area contributed by atoms with Crippen LogP contribution in [0.2, 0.25) is 0 Å². The van der Waals surface area contributed by atoms with Crippen LogP contribution >= 0.6 is 15.9 Å². The minimum Gasteiger partial charge on any atom is -0.484 e. The molecule has 4 nitrogen and oxygen atoms in total. The van der Waals surface area contributed by atoms with Gasteiger partial charge in [0, 0.05) is 10.7 Å². The van der Waals surface area contributed by atoms with Gasteiger partial charge in [-0.15, -0.1) is 0 Å². The van der Waals surface area contributed by atoms with Crippen molar-refractivity contribution in [3.05, 3.63) is 46.1 Å². The van der Waals surface area contributed by atoms with Crippen molar-refractivity contribution in [1.82, 2.24) is 10.3 Å². The minimum absolute atomic E-state index is 0.409. The van der Waals surface area contributed by atoms with E-state index < -0.39 is 0 Å². The van der Waals surface area contributed by atoms with Crippen LogP contribution in [0, 0.1) is 6.92 Å². The predicted molar refractivity (Wildman–Crippen MR) is 81.7 cm³/mol. The van der Waals surface area contributed by atoms with Gasteiger partial charge in [-0.05, 0) is 53.5 Å². The molecule has 0 aliphatic heterocycles. The summed E-state index contributed by atoms with van der Waals surface area (Å²) < 4.78 is 12.4. The second-order valence-electron chi connectivity index (χ2n) is 4.62. The van der Waals surface area contributed by atoms with Crippen molar-refractivity contribution in [2.75, 3.05) is 6.54 Å².